The van der Waals surface area contributed by atoms with Gasteiger partial charge in [-0.15, -0.1) is 11.6 Å². The third kappa shape index (κ3) is 5.32. The number of alkyl halides is 1. The fraction of sp³-hybridized carbons (Fsp3) is 0.526. The Morgan fingerprint density at radius 1 is 1.23 bits per heavy atom. The molecule has 0 amide bonds. The van der Waals surface area contributed by atoms with Crippen molar-refractivity contribution in [2.75, 3.05) is 25.4 Å². The molecule has 1 N–H and O–H groups in total. The molecule has 26 heavy (non-hydrogen) atoms. The molecule has 0 spiro atoms. The van der Waals surface area contributed by atoms with Gasteiger partial charge in [-0.3, -0.25) is 4.79 Å². The number of hydrogen-bond acceptors (Lipinski definition) is 4. The molecule has 142 valence electrons. The van der Waals surface area contributed by atoms with E-state index in [4.69, 9.17) is 11.6 Å². The standard InChI is InChI=1S/C19H25ClN2O3S/c20-17-3-1-15(2-4-17)13-16-7-9-22(10-8-16)11-12-26(24,25)18-5-6-19(23)21-14-18/h1-3,5-6,14,16-17H,4,7-13H2,(H,21,23). The lowest BCUT2D eigenvalue weighted by atomic mass is 9.88. The number of piperidine rings is 1. The largest absolute Gasteiger partial charge is 0.328 e. The molecule has 1 aromatic heterocycles. The van der Waals surface area contributed by atoms with Gasteiger partial charge in [-0.25, -0.2) is 8.42 Å². The van der Waals surface area contributed by atoms with Crippen LogP contribution in [0.3, 0.4) is 0 Å². The predicted molar refractivity (Wildman–Crippen MR) is 104 cm³/mol. The first-order valence-corrected chi connectivity index (χ1v) is 11.2. The molecule has 1 unspecified atom stereocenters. The van der Waals surface area contributed by atoms with E-state index in [-0.39, 0.29) is 21.6 Å². The van der Waals surface area contributed by atoms with Crippen molar-refractivity contribution in [1.29, 1.82) is 0 Å². The van der Waals surface area contributed by atoms with E-state index in [2.05, 4.69) is 28.1 Å². The number of nitrogens with one attached hydrogen (secondary N) is 1. The minimum atomic E-state index is -3.36. The van der Waals surface area contributed by atoms with E-state index in [1.54, 1.807) is 0 Å². The predicted octanol–water partition coefficient (Wildman–Crippen LogP) is 2.74. The zero-order chi connectivity index (χ0) is 18.6. The number of hydrogen-bond donors (Lipinski definition) is 1. The van der Waals surface area contributed by atoms with E-state index in [0.717, 1.165) is 38.8 Å². The Labute approximate surface area is 159 Å². The molecule has 2 aliphatic rings. The Morgan fingerprint density at radius 3 is 2.62 bits per heavy atom. The highest BCUT2D eigenvalue weighted by Gasteiger charge is 2.22. The van der Waals surface area contributed by atoms with Gasteiger partial charge in [-0.2, -0.15) is 0 Å². The van der Waals surface area contributed by atoms with Crippen molar-refractivity contribution in [3.63, 3.8) is 0 Å². The number of likely N-dealkylation sites (tertiary alicyclic amines) is 1. The minimum absolute atomic E-state index is 0.0781. The van der Waals surface area contributed by atoms with Crippen LogP contribution >= 0.6 is 11.6 Å². The molecule has 0 radical (unpaired) electrons. The number of aromatic nitrogens is 1. The van der Waals surface area contributed by atoms with Gasteiger partial charge in [-0.05, 0) is 50.8 Å². The Balaban J connectivity index is 1.45. The van der Waals surface area contributed by atoms with Gasteiger partial charge in [-0.1, -0.05) is 23.8 Å². The molecule has 1 atom stereocenters. The molecule has 3 rings (SSSR count). The maximum Gasteiger partial charge on any atom is 0.247 e. The van der Waals surface area contributed by atoms with E-state index in [1.807, 2.05) is 0 Å². The number of pyridine rings is 1. The summed E-state index contributed by atoms with van der Waals surface area (Å²) in [5, 5.41) is 0.130. The lowest BCUT2D eigenvalue weighted by Crippen LogP contribution is -2.37. The summed E-state index contributed by atoms with van der Waals surface area (Å²) in [6.45, 7) is 2.40. The third-order valence-electron chi connectivity index (χ3n) is 5.15. The minimum Gasteiger partial charge on any atom is -0.328 e. The van der Waals surface area contributed by atoms with Crippen molar-refractivity contribution in [1.82, 2.24) is 9.88 Å². The summed E-state index contributed by atoms with van der Waals surface area (Å²) in [6.07, 6.45) is 11.9. The highest BCUT2D eigenvalue weighted by molar-refractivity contribution is 7.91. The number of aromatic amines is 1. The fourth-order valence-corrected chi connectivity index (χ4v) is 4.90. The van der Waals surface area contributed by atoms with Crippen LogP contribution in [0.15, 0.2) is 51.8 Å². The highest BCUT2D eigenvalue weighted by atomic mass is 35.5. The average Bonchev–Trinajstić information content (AvgIpc) is 2.63. The van der Waals surface area contributed by atoms with Gasteiger partial charge >= 0.3 is 0 Å². The number of rotatable bonds is 6. The number of sulfone groups is 1. The monoisotopic (exact) mass is 396 g/mol. The van der Waals surface area contributed by atoms with Crippen LogP contribution in [0.5, 0.6) is 0 Å². The summed E-state index contributed by atoms with van der Waals surface area (Å²) in [5.41, 5.74) is 1.08. The lowest BCUT2D eigenvalue weighted by molar-refractivity contribution is 0.193. The second kappa shape index (κ2) is 8.55. The van der Waals surface area contributed by atoms with E-state index in [9.17, 15) is 13.2 Å². The van der Waals surface area contributed by atoms with E-state index < -0.39 is 9.84 Å². The SMILES string of the molecule is O=c1ccc(S(=O)(=O)CCN2CCC(CC3=CCC(Cl)C=C3)CC2)c[nH]1. The molecule has 5 nitrogen and oxygen atoms in total. The summed E-state index contributed by atoms with van der Waals surface area (Å²) in [5.74, 6) is 0.735. The molecule has 1 aliphatic heterocycles. The topological polar surface area (TPSA) is 70.2 Å². The Bertz CT molecular complexity index is 816. The van der Waals surface area contributed by atoms with Crippen LogP contribution in [0.2, 0.25) is 0 Å². The van der Waals surface area contributed by atoms with Crippen molar-refractivity contribution in [3.05, 3.63) is 52.5 Å². The van der Waals surface area contributed by atoms with Crippen molar-refractivity contribution in [2.45, 2.75) is 36.0 Å². The molecule has 0 aromatic carbocycles. The summed E-state index contributed by atoms with van der Waals surface area (Å²) in [7, 11) is -3.36. The van der Waals surface area contributed by atoms with Crippen LogP contribution in [-0.4, -0.2) is 49.1 Å². The molecule has 0 saturated carbocycles. The summed E-state index contributed by atoms with van der Waals surface area (Å²) < 4.78 is 24.7. The average molecular weight is 397 g/mol. The maximum atomic E-state index is 12.4. The van der Waals surface area contributed by atoms with Crippen molar-refractivity contribution in [3.8, 4) is 0 Å². The zero-order valence-corrected chi connectivity index (χ0v) is 16.3. The summed E-state index contributed by atoms with van der Waals surface area (Å²) >= 11 is 6.06. The molecule has 1 saturated heterocycles. The highest BCUT2D eigenvalue weighted by Crippen LogP contribution is 2.27. The molecule has 0 bridgehead atoms. The lowest BCUT2D eigenvalue weighted by Gasteiger charge is -2.32. The van der Waals surface area contributed by atoms with Gasteiger partial charge in [0.1, 0.15) is 0 Å². The summed E-state index contributed by atoms with van der Waals surface area (Å²) in [4.78, 5) is 15.9. The number of halogens is 1. The first-order chi connectivity index (χ1) is 12.4. The first kappa shape index (κ1) is 19.4. The Kier molecular flexibility index (Phi) is 6.37. The second-order valence-corrected chi connectivity index (χ2v) is 9.76. The molecule has 7 heteroatoms. The third-order valence-corrected chi connectivity index (χ3v) is 7.16. The van der Waals surface area contributed by atoms with E-state index in [0.29, 0.717) is 12.5 Å². The van der Waals surface area contributed by atoms with Gasteiger partial charge in [0, 0.05) is 18.8 Å². The van der Waals surface area contributed by atoms with Crippen molar-refractivity contribution in [2.24, 2.45) is 5.92 Å². The van der Waals surface area contributed by atoms with Crippen LogP contribution < -0.4 is 5.56 Å². The van der Waals surface area contributed by atoms with E-state index >= 15 is 0 Å². The van der Waals surface area contributed by atoms with Gasteiger partial charge < -0.3 is 9.88 Å². The Hall–Kier alpha value is -1.37. The van der Waals surface area contributed by atoms with Gasteiger partial charge in [0.15, 0.2) is 9.84 Å². The quantitative estimate of drug-likeness (QED) is 0.750. The summed E-state index contributed by atoms with van der Waals surface area (Å²) in [6, 6.07) is 2.62. The number of allylic oxidation sites excluding steroid dienone is 4. The molecular formula is C19H25ClN2O3S. The van der Waals surface area contributed by atoms with Crippen LogP contribution in [0.4, 0.5) is 0 Å². The van der Waals surface area contributed by atoms with Crippen LogP contribution in [0.1, 0.15) is 25.7 Å². The van der Waals surface area contributed by atoms with Crippen LogP contribution in [0, 0.1) is 5.92 Å². The Morgan fingerprint density at radius 2 is 2.00 bits per heavy atom. The fourth-order valence-electron chi connectivity index (χ4n) is 3.49. The molecule has 1 aromatic rings. The normalized spacial score (nSPS) is 22.3. The van der Waals surface area contributed by atoms with E-state index in [1.165, 1.54) is 23.9 Å². The number of nitrogens with zero attached hydrogens (tertiary/aromatic N) is 1. The number of H-pyrrole nitrogens is 1. The maximum absolute atomic E-state index is 12.4. The van der Waals surface area contributed by atoms with Gasteiger partial charge in [0.2, 0.25) is 5.56 Å². The van der Waals surface area contributed by atoms with Gasteiger partial charge in [0.05, 0.1) is 16.0 Å². The molecule has 1 aliphatic carbocycles. The van der Waals surface area contributed by atoms with Crippen molar-refractivity contribution >= 4 is 21.4 Å². The molecule has 1 fully saturated rings. The first-order valence-electron chi connectivity index (χ1n) is 9.07. The smallest absolute Gasteiger partial charge is 0.247 e. The second-order valence-electron chi connectivity index (χ2n) is 7.09. The molecule has 2 heterocycles. The molecular weight excluding hydrogens is 372 g/mol. The van der Waals surface area contributed by atoms with Crippen molar-refractivity contribution < 1.29 is 8.42 Å². The van der Waals surface area contributed by atoms with Crippen LogP contribution in [0.25, 0.3) is 0 Å². The zero-order valence-electron chi connectivity index (χ0n) is 14.7. The van der Waals surface area contributed by atoms with Crippen LogP contribution in [-0.2, 0) is 9.84 Å². The van der Waals surface area contributed by atoms with Gasteiger partial charge in [0.25, 0.3) is 0 Å².